The molecule has 2 N–H and O–H groups in total. The molecule has 0 atom stereocenters. The van der Waals surface area contributed by atoms with Crippen molar-refractivity contribution in [3.8, 4) is 0 Å². The first-order chi connectivity index (χ1) is 9.47. The van der Waals surface area contributed by atoms with Gasteiger partial charge in [-0.2, -0.15) is 0 Å². The molecule has 0 saturated heterocycles. The van der Waals surface area contributed by atoms with Gasteiger partial charge in [-0.05, 0) is 43.2 Å². The number of hydrogen-bond acceptors (Lipinski definition) is 3. The predicted octanol–water partition coefficient (Wildman–Crippen LogP) is 2.65. The molecule has 1 aromatic carbocycles. The summed E-state index contributed by atoms with van der Waals surface area (Å²) in [6.07, 6.45) is 2.64. The molecule has 1 aromatic heterocycles. The van der Waals surface area contributed by atoms with Gasteiger partial charge in [0.05, 0.1) is 17.4 Å². The fourth-order valence-corrected chi connectivity index (χ4v) is 1.71. The summed E-state index contributed by atoms with van der Waals surface area (Å²) in [5, 5.41) is 11.5. The standard InChI is InChI=1S/C15H14N2O3/c1-9-3-4-11(5-10(9)2)14(18)17-13-6-12(15(19)20)7-16-8-13/h3-8H,1-2H3,(H,17,18)(H,19,20). The highest BCUT2D eigenvalue weighted by atomic mass is 16.4. The number of anilines is 1. The second-order valence-electron chi connectivity index (χ2n) is 4.52. The summed E-state index contributed by atoms with van der Waals surface area (Å²) in [7, 11) is 0. The number of carboxylic acid groups (broad SMARTS) is 1. The van der Waals surface area contributed by atoms with Crippen LogP contribution in [-0.2, 0) is 0 Å². The third kappa shape index (κ3) is 3.00. The molecule has 0 aliphatic heterocycles. The number of pyridine rings is 1. The van der Waals surface area contributed by atoms with Crippen LogP contribution >= 0.6 is 0 Å². The maximum Gasteiger partial charge on any atom is 0.337 e. The number of benzene rings is 1. The summed E-state index contributed by atoms with van der Waals surface area (Å²) < 4.78 is 0. The highest BCUT2D eigenvalue weighted by Crippen LogP contribution is 2.13. The average molecular weight is 270 g/mol. The number of hydrogen-bond donors (Lipinski definition) is 2. The van der Waals surface area contributed by atoms with Crippen molar-refractivity contribution >= 4 is 17.6 Å². The fraction of sp³-hybridized carbons (Fsp3) is 0.133. The van der Waals surface area contributed by atoms with Gasteiger partial charge in [0.2, 0.25) is 0 Å². The molecule has 0 bridgehead atoms. The van der Waals surface area contributed by atoms with E-state index in [-0.39, 0.29) is 11.5 Å². The lowest BCUT2D eigenvalue weighted by Gasteiger charge is -2.07. The fourth-order valence-electron chi connectivity index (χ4n) is 1.71. The van der Waals surface area contributed by atoms with Gasteiger partial charge in [0, 0.05) is 11.8 Å². The van der Waals surface area contributed by atoms with Crippen molar-refractivity contribution in [3.05, 3.63) is 58.9 Å². The molecule has 0 aliphatic rings. The molecular formula is C15H14N2O3. The molecule has 0 radical (unpaired) electrons. The Bertz CT molecular complexity index is 681. The second kappa shape index (κ2) is 5.52. The van der Waals surface area contributed by atoms with E-state index in [1.54, 1.807) is 12.1 Å². The third-order valence-electron chi connectivity index (χ3n) is 3.01. The maximum atomic E-state index is 12.1. The minimum Gasteiger partial charge on any atom is -0.478 e. The van der Waals surface area contributed by atoms with Crippen LogP contribution in [-0.4, -0.2) is 22.0 Å². The Morgan fingerprint density at radius 3 is 2.45 bits per heavy atom. The molecule has 2 aromatic rings. The molecule has 20 heavy (non-hydrogen) atoms. The lowest BCUT2D eigenvalue weighted by Crippen LogP contribution is -2.13. The first-order valence-corrected chi connectivity index (χ1v) is 6.04. The van der Waals surface area contributed by atoms with Crippen molar-refractivity contribution in [2.45, 2.75) is 13.8 Å². The molecule has 0 unspecified atom stereocenters. The molecule has 2 rings (SSSR count). The van der Waals surface area contributed by atoms with Gasteiger partial charge in [-0.15, -0.1) is 0 Å². The van der Waals surface area contributed by atoms with E-state index in [0.717, 1.165) is 11.1 Å². The number of carbonyl (C=O) groups is 2. The molecule has 5 nitrogen and oxygen atoms in total. The Hall–Kier alpha value is -2.69. The van der Waals surface area contributed by atoms with Crippen LogP contribution in [0.1, 0.15) is 31.8 Å². The van der Waals surface area contributed by atoms with Crippen molar-refractivity contribution in [2.24, 2.45) is 0 Å². The van der Waals surface area contributed by atoms with Crippen LogP contribution in [0.2, 0.25) is 0 Å². The van der Waals surface area contributed by atoms with Crippen LogP contribution in [0.25, 0.3) is 0 Å². The number of nitrogens with zero attached hydrogens (tertiary/aromatic N) is 1. The van der Waals surface area contributed by atoms with E-state index in [0.29, 0.717) is 11.3 Å². The summed E-state index contributed by atoms with van der Waals surface area (Å²) in [6, 6.07) is 6.76. The number of carboxylic acids is 1. The van der Waals surface area contributed by atoms with Gasteiger partial charge in [0.15, 0.2) is 0 Å². The molecule has 0 spiro atoms. The normalized spacial score (nSPS) is 10.1. The lowest BCUT2D eigenvalue weighted by molar-refractivity contribution is 0.0696. The number of carbonyl (C=O) groups excluding carboxylic acids is 1. The number of rotatable bonds is 3. The average Bonchev–Trinajstić information content (AvgIpc) is 2.42. The summed E-state index contributed by atoms with van der Waals surface area (Å²) in [5.74, 6) is -1.38. The van der Waals surface area contributed by atoms with Crippen LogP contribution < -0.4 is 5.32 Å². The highest BCUT2D eigenvalue weighted by molar-refractivity contribution is 6.04. The Labute approximate surface area is 116 Å². The van der Waals surface area contributed by atoms with Gasteiger partial charge < -0.3 is 10.4 Å². The quantitative estimate of drug-likeness (QED) is 0.898. The van der Waals surface area contributed by atoms with Gasteiger partial charge in [0.25, 0.3) is 5.91 Å². The number of nitrogens with one attached hydrogen (secondary N) is 1. The van der Waals surface area contributed by atoms with Crippen LogP contribution in [0.15, 0.2) is 36.7 Å². The molecule has 1 amide bonds. The first-order valence-electron chi connectivity index (χ1n) is 6.04. The van der Waals surface area contributed by atoms with E-state index in [2.05, 4.69) is 10.3 Å². The molecule has 0 aliphatic carbocycles. The summed E-state index contributed by atoms with van der Waals surface area (Å²) in [4.78, 5) is 26.7. The van der Waals surface area contributed by atoms with E-state index in [4.69, 9.17) is 5.11 Å². The predicted molar refractivity (Wildman–Crippen MR) is 75.1 cm³/mol. The number of aromatic nitrogens is 1. The van der Waals surface area contributed by atoms with Crippen molar-refractivity contribution in [2.75, 3.05) is 5.32 Å². The molecule has 102 valence electrons. The minimum absolute atomic E-state index is 0.0305. The van der Waals surface area contributed by atoms with Crippen LogP contribution in [0, 0.1) is 13.8 Å². The van der Waals surface area contributed by atoms with Crippen molar-refractivity contribution < 1.29 is 14.7 Å². The Morgan fingerprint density at radius 1 is 1.05 bits per heavy atom. The first kappa shape index (κ1) is 13.7. The Morgan fingerprint density at radius 2 is 1.80 bits per heavy atom. The van der Waals surface area contributed by atoms with Crippen molar-refractivity contribution in [1.82, 2.24) is 4.98 Å². The van der Waals surface area contributed by atoms with Crippen LogP contribution in [0.3, 0.4) is 0 Å². The second-order valence-corrected chi connectivity index (χ2v) is 4.52. The van der Waals surface area contributed by atoms with Crippen molar-refractivity contribution in [1.29, 1.82) is 0 Å². The van der Waals surface area contributed by atoms with Gasteiger partial charge in [-0.3, -0.25) is 9.78 Å². The molecule has 0 saturated carbocycles. The molecular weight excluding hydrogens is 256 g/mol. The van der Waals surface area contributed by atoms with E-state index in [1.807, 2.05) is 19.9 Å². The van der Waals surface area contributed by atoms with Gasteiger partial charge >= 0.3 is 5.97 Å². The highest BCUT2D eigenvalue weighted by Gasteiger charge is 2.09. The van der Waals surface area contributed by atoms with Gasteiger partial charge in [0.1, 0.15) is 0 Å². The number of aromatic carboxylic acids is 1. The Kier molecular flexibility index (Phi) is 3.79. The zero-order chi connectivity index (χ0) is 14.7. The monoisotopic (exact) mass is 270 g/mol. The van der Waals surface area contributed by atoms with E-state index in [9.17, 15) is 9.59 Å². The van der Waals surface area contributed by atoms with Crippen LogP contribution in [0.5, 0.6) is 0 Å². The number of amides is 1. The minimum atomic E-state index is -1.08. The van der Waals surface area contributed by atoms with Crippen molar-refractivity contribution in [3.63, 3.8) is 0 Å². The summed E-state index contributed by atoms with van der Waals surface area (Å²) >= 11 is 0. The zero-order valence-electron chi connectivity index (χ0n) is 11.2. The largest absolute Gasteiger partial charge is 0.478 e. The maximum absolute atomic E-state index is 12.1. The van der Waals surface area contributed by atoms with E-state index in [1.165, 1.54) is 18.5 Å². The summed E-state index contributed by atoms with van der Waals surface area (Å²) in [6.45, 7) is 3.90. The molecule has 5 heteroatoms. The van der Waals surface area contributed by atoms with E-state index < -0.39 is 5.97 Å². The molecule has 1 heterocycles. The smallest absolute Gasteiger partial charge is 0.337 e. The van der Waals surface area contributed by atoms with Gasteiger partial charge in [-0.1, -0.05) is 6.07 Å². The Balaban J connectivity index is 2.21. The molecule has 0 fully saturated rings. The summed E-state index contributed by atoms with van der Waals surface area (Å²) in [5.41, 5.74) is 3.04. The SMILES string of the molecule is Cc1ccc(C(=O)Nc2cncc(C(=O)O)c2)cc1C. The van der Waals surface area contributed by atoms with Gasteiger partial charge in [-0.25, -0.2) is 4.79 Å². The topological polar surface area (TPSA) is 79.3 Å². The zero-order valence-corrected chi connectivity index (χ0v) is 11.2. The lowest BCUT2D eigenvalue weighted by atomic mass is 10.1. The number of aryl methyl sites for hydroxylation is 2. The third-order valence-corrected chi connectivity index (χ3v) is 3.01. The van der Waals surface area contributed by atoms with Crippen LogP contribution in [0.4, 0.5) is 5.69 Å². The van der Waals surface area contributed by atoms with E-state index >= 15 is 0 Å².